The molecule has 0 aromatic carbocycles. The molecule has 4 aromatic rings. The van der Waals surface area contributed by atoms with Gasteiger partial charge >= 0.3 is 0 Å². The molecule has 0 fully saturated rings. The average molecular weight is 349 g/mol. The highest BCUT2D eigenvalue weighted by molar-refractivity contribution is 5.56. The number of aromatic nitrogens is 9. The second-order valence-electron chi connectivity index (χ2n) is 6.66. The van der Waals surface area contributed by atoms with E-state index in [1.807, 2.05) is 35.6 Å². The fourth-order valence-corrected chi connectivity index (χ4v) is 3.61. The minimum absolute atomic E-state index is 0.280. The van der Waals surface area contributed by atoms with Crippen molar-refractivity contribution in [3.05, 3.63) is 47.9 Å². The van der Waals surface area contributed by atoms with Crippen molar-refractivity contribution in [1.82, 2.24) is 44.5 Å². The number of rotatable bonds is 3. The Morgan fingerprint density at radius 3 is 2.85 bits per heavy atom. The molecule has 0 amide bonds. The van der Waals surface area contributed by atoms with Crippen LogP contribution in [-0.4, -0.2) is 44.5 Å². The van der Waals surface area contributed by atoms with Gasteiger partial charge in [-0.05, 0) is 25.8 Å². The van der Waals surface area contributed by atoms with Crippen molar-refractivity contribution in [2.24, 2.45) is 7.05 Å². The maximum Gasteiger partial charge on any atom is 0.185 e. The van der Waals surface area contributed by atoms with E-state index in [4.69, 9.17) is 10.1 Å². The highest BCUT2D eigenvalue weighted by Crippen LogP contribution is 2.31. The first-order chi connectivity index (χ1) is 12.7. The first-order valence-electron chi connectivity index (χ1n) is 8.67. The van der Waals surface area contributed by atoms with Crippen molar-refractivity contribution in [3.8, 4) is 17.2 Å². The highest BCUT2D eigenvalue weighted by atomic mass is 15.4. The Kier molecular flexibility index (Phi) is 3.27. The Labute approximate surface area is 149 Å². The molecule has 132 valence electrons. The molecule has 4 aromatic heterocycles. The third-order valence-corrected chi connectivity index (χ3v) is 5.03. The molecule has 0 saturated heterocycles. The standard InChI is InChI=1S/C17H19N9/c1-11-14(10-18-22-11)16-21-17(26(23-16)15-4-7-19-24(15)2)12-5-8-25-13(9-12)3-6-20-25/h3-4,6-7,10,12H,5,8-9H2,1-2H3,(H,18,22). The van der Waals surface area contributed by atoms with Gasteiger partial charge in [-0.3, -0.25) is 14.5 Å². The van der Waals surface area contributed by atoms with Crippen molar-refractivity contribution in [2.45, 2.75) is 32.2 Å². The molecule has 1 aliphatic rings. The molecule has 1 unspecified atom stereocenters. The fraction of sp³-hybridized carbons (Fsp3) is 0.353. The summed E-state index contributed by atoms with van der Waals surface area (Å²) < 4.78 is 5.81. The molecule has 5 heterocycles. The summed E-state index contributed by atoms with van der Waals surface area (Å²) in [6.07, 6.45) is 7.30. The maximum absolute atomic E-state index is 4.91. The van der Waals surface area contributed by atoms with E-state index in [2.05, 4.69) is 31.1 Å². The van der Waals surface area contributed by atoms with Gasteiger partial charge in [0.15, 0.2) is 11.6 Å². The van der Waals surface area contributed by atoms with Crippen molar-refractivity contribution < 1.29 is 0 Å². The fourth-order valence-electron chi connectivity index (χ4n) is 3.61. The Hall–Kier alpha value is -3.23. The van der Waals surface area contributed by atoms with Gasteiger partial charge < -0.3 is 0 Å². The molecule has 26 heavy (non-hydrogen) atoms. The van der Waals surface area contributed by atoms with Crippen LogP contribution in [0, 0.1) is 6.92 Å². The number of nitrogens with zero attached hydrogens (tertiary/aromatic N) is 8. The van der Waals surface area contributed by atoms with Crippen LogP contribution < -0.4 is 0 Å². The van der Waals surface area contributed by atoms with E-state index in [0.29, 0.717) is 5.82 Å². The van der Waals surface area contributed by atoms with E-state index < -0.39 is 0 Å². The predicted molar refractivity (Wildman–Crippen MR) is 93.7 cm³/mol. The van der Waals surface area contributed by atoms with Crippen LogP contribution in [0.15, 0.2) is 30.7 Å². The van der Waals surface area contributed by atoms with E-state index in [1.165, 1.54) is 5.69 Å². The molecular weight excluding hydrogens is 330 g/mol. The molecule has 1 atom stereocenters. The van der Waals surface area contributed by atoms with E-state index in [1.54, 1.807) is 12.4 Å². The normalized spacial score (nSPS) is 16.8. The second-order valence-corrected chi connectivity index (χ2v) is 6.66. The molecule has 0 saturated carbocycles. The quantitative estimate of drug-likeness (QED) is 0.606. The molecule has 0 bridgehead atoms. The van der Waals surface area contributed by atoms with Crippen LogP contribution in [0.1, 0.15) is 29.6 Å². The van der Waals surface area contributed by atoms with Crippen LogP contribution in [0.4, 0.5) is 0 Å². The van der Waals surface area contributed by atoms with Crippen LogP contribution in [-0.2, 0) is 20.0 Å². The molecule has 1 aliphatic heterocycles. The summed E-state index contributed by atoms with van der Waals surface area (Å²) in [7, 11) is 1.92. The van der Waals surface area contributed by atoms with Crippen LogP contribution in [0.2, 0.25) is 0 Å². The zero-order valence-corrected chi connectivity index (χ0v) is 14.7. The Morgan fingerprint density at radius 1 is 1.19 bits per heavy atom. The first-order valence-corrected chi connectivity index (χ1v) is 8.67. The smallest absolute Gasteiger partial charge is 0.185 e. The summed E-state index contributed by atoms with van der Waals surface area (Å²) in [5.74, 6) is 2.82. The predicted octanol–water partition coefficient (Wildman–Crippen LogP) is 1.63. The lowest BCUT2D eigenvalue weighted by atomic mass is 9.95. The Balaban J connectivity index is 1.63. The van der Waals surface area contributed by atoms with Crippen LogP contribution in [0.25, 0.3) is 17.2 Å². The second kappa shape index (κ2) is 5.65. The summed E-state index contributed by atoms with van der Waals surface area (Å²) in [6.45, 7) is 2.87. The SMILES string of the molecule is Cc1[nH]ncc1-c1nc(C2CCn3nccc3C2)n(-c2ccnn2C)n1. The van der Waals surface area contributed by atoms with Gasteiger partial charge in [-0.1, -0.05) is 0 Å². The van der Waals surface area contributed by atoms with Gasteiger partial charge in [0, 0.05) is 43.2 Å². The van der Waals surface area contributed by atoms with Crippen LogP contribution in [0.3, 0.4) is 0 Å². The largest absolute Gasteiger partial charge is 0.282 e. The lowest BCUT2D eigenvalue weighted by Gasteiger charge is -2.22. The van der Waals surface area contributed by atoms with Crippen molar-refractivity contribution in [1.29, 1.82) is 0 Å². The van der Waals surface area contributed by atoms with Gasteiger partial charge in [0.25, 0.3) is 0 Å². The number of hydrogen-bond donors (Lipinski definition) is 1. The first kappa shape index (κ1) is 15.1. The van der Waals surface area contributed by atoms with Gasteiger partial charge in [0.2, 0.25) is 0 Å². The van der Waals surface area contributed by atoms with Gasteiger partial charge in [-0.25, -0.2) is 4.98 Å². The number of nitrogens with one attached hydrogen (secondary N) is 1. The van der Waals surface area contributed by atoms with Gasteiger partial charge in [0.1, 0.15) is 5.82 Å². The molecule has 5 rings (SSSR count). The number of aromatic amines is 1. The molecule has 0 spiro atoms. The third kappa shape index (κ3) is 2.27. The summed E-state index contributed by atoms with van der Waals surface area (Å²) in [6, 6.07) is 4.04. The maximum atomic E-state index is 4.91. The Bertz CT molecular complexity index is 1060. The van der Waals surface area contributed by atoms with Crippen LogP contribution >= 0.6 is 0 Å². The molecular formula is C17H19N9. The molecule has 0 radical (unpaired) electrons. The lowest BCUT2D eigenvalue weighted by molar-refractivity contribution is 0.422. The number of hydrogen-bond acceptors (Lipinski definition) is 5. The number of fused-ring (bicyclic) bond motifs is 1. The lowest BCUT2D eigenvalue weighted by Crippen LogP contribution is -2.21. The summed E-state index contributed by atoms with van der Waals surface area (Å²) in [5.41, 5.74) is 3.12. The molecule has 9 nitrogen and oxygen atoms in total. The minimum atomic E-state index is 0.280. The van der Waals surface area contributed by atoms with Crippen LogP contribution in [0.5, 0.6) is 0 Å². The van der Waals surface area contributed by atoms with Crippen molar-refractivity contribution in [3.63, 3.8) is 0 Å². The monoisotopic (exact) mass is 349 g/mol. The number of H-pyrrole nitrogens is 1. The van der Waals surface area contributed by atoms with Gasteiger partial charge in [-0.15, -0.1) is 5.10 Å². The Morgan fingerprint density at radius 2 is 2.08 bits per heavy atom. The average Bonchev–Trinajstić information content (AvgIpc) is 3.39. The molecule has 1 N–H and O–H groups in total. The zero-order chi connectivity index (χ0) is 17.7. The van der Waals surface area contributed by atoms with Crippen molar-refractivity contribution >= 4 is 0 Å². The van der Waals surface area contributed by atoms with Gasteiger partial charge in [0.05, 0.1) is 18.0 Å². The summed E-state index contributed by atoms with van der Waals surface area (Å²) in [4.78, 5) is 4.91. The summed E-state index contributed by atoms with van der Waals surface area (Å²) in [5, 5.41) is 20.5. The van der Waals surface area contributed by atoms with Crippen molar-refractivity contribution in [2.75, 3.05) is 0 Å². The summed E-state index contributed by atoms with van der Waals surface area (Å²) >= 11 is 0. The minimum Gasteiger partial charge on any atom is -0.282 e. The zero-order valence-electron chi connectivity index (χ0n) is 14.7. The number of aryl methyl sites for hydroxylation is 3. The molecule has 9 heteroatoms. The van der Waals surface area contributed by atoms with Gasteiger partial charge in [-0.2, -0.15) is 20.0 Å². The van der Waals surface area contributed by atoms with E-state index in [9.17, 15) is 0 Å². The third-order valence-electron chi connectivity index (χ3n) is 5.03. The van der Waals surface area contributed by atoms with E-state index in [-0.39, 0.29) is 5.92 Å². The molecule has 0 aliphatic carbocycles. The van der Waals surface area contributed by atoms with E-state index >= 15 is 0 Å². The van der Waals surface area contributed by atoms with E-state index in [0.717, 1.165) is 42.3 Å². The highest BCUT2D eigenvalue weighted by Gasteiger charge is 2.28. The topological polar surface area (TPSA) is 95.0 Å².